The maximum Gasteiger partial charge on any atom is 0.277 e. The van der Waals surface area contributed by atoms with Crippen molar-refractivity contribution in [3.8, 4) is 11.1 Å². The maximum absolute atomic E-state index is 5.88. The molecule has 7 heteroatoms. The number of hydrogen-bond donors (Lipinski definition) is 0. The van der Waals surface area contributed by atoms with Crippen LogP contribution in [0.3, 0.4) is 0 Å². The number of pyridine rings is 1. The molecule has 0 aliphatic carbocycles. The molecule has 0 radical (unpaired) electrons. The Kier molecular flexibility index (Phi) is 12.2. The topological polar surface area (TPSA) is 30.3 Å². The van der Waals surface area contributed by atoms with Crippen molar-refractivity contribution >= 4 is 97.3 Å². The molecule has 0 atom stereocenters. The van der Waals surface area contributed by atoms with Crippen molar-refractivity contribution in [2.75, 3.05) is 19.6 Å². The smallest absolute Gasteiger partial charge is 0.277 e. The summed E-state index contributed by atoms with van der Waals surface area (Å²) in [5.41, 5.74) is 22.5. The van der Waals surface area contributed by atoms with Crippen LogP contribution in [0.2, 0.25) is 0 Å². The second-order valence-electron chi connectivity index (χ2n) is 24.6. The minimum atomic E-state index is -0.200. The van der Waals surface area contributed by atoms with Gasteiger partial charge in [-0.25, -0.2) is 4.98 Å². The first-order chi connectivity index (χ1) is 38.6. The number of imidazole rings is 1. The third-order valence-corrected chi connectivity index (χ3v) is 16.2. The Morgan fingerprint density at radius 3 is 1.40 bits per heavy atom. The van der Waals surface area contributed by atoms with Gasteiger partial charge in [-0.15, -0.1) is 0 Å². The lowest BCUT2D eigenvalue weighted by atomic mass is 9.35. The van der Waals surface area contributed by atoms with E-state index in [1.807, 2.05) is 0 Å². The summed E-state index contributed by atoms with van der Waals surface area (Å²) in [6.07, 6.45) is 2.24. The molecule has 2 aliphatic heterocycles. The van der Waals surface area contributed by atoms with Gasteiger partial charge in [-0.1, -0.05) is 196 Å². The average molecular weight is 1040 g/mol. The quantitative estimate of drug-likeness (QED) is 0.134. The molecule has 0 bridgehead atoms. The van der Waals surface area contributed by atoms with Crippen molar-refractivity contribution in [3.05, 3.63) is 259 Å². The van der Waals surface area contributed by atoms with E-state index in [0.29, 0.717) is 0 Å². The monoisotopic (exact) mass is 1040 g/mol. The molecule has 0 amide bonds. The van der Waals surface area contributed by atoms with Crippen LogP contribution in [-0.2, 0) is 16.2 Å². The third-order valence-electron chi connectivity index (χ3n) is 16.2. The van der Waals surface area contributed by atoms with E-state index in [1.54, 1.807) is 0 Å². The van der Waals surface area contributed by atoms with Crippen LogP contribution in [-0.4, -0.2) is 16.1 Å². The number of nitrogens with zero attached hydrogens (tertiary/aromatic N) is 6. The fourth-order valence-corrected chi connectivity index (χ4v) is 12.0. The van der Waals surface area contributed by atoms with Gasteiger partial charge in [-0.2, -0.15) is 0 Å². The first-order valence-electron chi connectivity index (χ1n) is 28.2. The first-order valence-corrected chi connectivity index (χ1v) is 28.2. The van der Waals surface area contributed by atoms with Gasteiger partial charge in [0, 0.05) is 69.0 Å². The van der Waals surface area contributed by atoms with E-state index < -0.39 is 0 Å². The molecule has 6 nitrogen and oxygen atoms in total. The molecule has 9 aromatic carbocycles. The Hall–Kier alpha value is -9.07. The Labute approximate surface area is 473 Å². The summed E-state index contributed by atoms with van der Waals surface area (Å²) in [7, 11) is 0. The Morgan fingerprint density at radius 1 is 0.388 bits per heavy atom. The number of fused-ring (bicyclic) bond motifs is 6. The minimum absolute atomic E-state index is 0.00869. The molecule has 0 saturated heterocycles. The molecule has 80 heavy (non-hydrogen) atoms. The van der Waals surface area contributed by atoms with Crippen LogP contribution in [0.25, 0.3) is 16.8 Å². The first kappa shape index (κ1) is 50.4. The summed E-state index contributed by atoms with van der Waals surface area (Å²) < 4.78 is 2.31. The maximum atomic E-state index is 5.88. The molecule has 0 saturated carbocycles. The van der Waals surface area contributed by atoms with Gasteiger partial charge >= 0.3 is 0 Å². The van der Waals surface area contributed by atoms with E-state index in [1.165, 1.54) is 27.6 Å². The summed E-state index contributed by atoms with van der Waals surface area (Å²) in [5.74, 6) is 1.03. The van der Waals surface area contributed by atoms with E-state index in [2.05, 4.69) is 329 Å². The van der Waals surface area contributed by atoms with Gasteiger partial charge < -0.3 is 14.7 Å². The number of anilines is 12. The predicted octanol–water partition coefficient (Wildman–Crippen LogP) is 17.9. The number of para-hydroxylation sites is 3. The molecule has 4 heterocycles. The molecule has 13 rings (SSSR count). The number of hydrogen-bond acceptors (Lipinski definition) is 5. The van der Waals surface area contributed by atoms with Crippen molar-refractivity contribution in [2.45, 2.75) is 78.6 Å². The highest BCUT2D eigenvalue weighted by atomic mass is 15.3. The van der Waals surface area contributed by atoms with E-state index in [9.17, 15) is 0 Å². The second-order valence-corrected chi connectivity index (χ2v) is 24.6. The summed E-state index contributed by atoms with van der Waals surface area (Å²) in [4.78, 5) is 15.6. The van der Waals surface area contributed by atoms with Gasteiger partial charge in [0.1, 0.15) is 11.5 Å². The fraction of sp³-hybridized carbons (Fsp3) is 0.164. The molecule has 0 unspecified atom stereocenters. The van der Waals surface area contributed by atoms with Gasteiger partial charge in [0.2, 0.25) is 0 Å². The van der Waals surface area contributed by atoms with Gasteiger partial charge in [0.15, 0.2) is 0 Å². The van der Waals surface area contributed by atoms with Crippen LogP contribution >= 0.6 is 0 Å². The fourth-order valence-electron chi connectivity index (χ4n) is 12.0. The van der Waals surface area contributed by atoms with Crippen LogP contribution in [0.5, 0.6) is 0 Å². The zero-order valence-corrected chi connectivity index (χ0v) is 47.4. The molecule has 11 aromatic rings. The van der Waals surface area contributed by atoms with E-state index in [-0.39, 0.29) is 23.0 Å². The third kappa shape index (κ3) is 8.82. The minimum Gasteiger partial charge on any atom is -0.311 e. The molecule has 392 valence electrons. The Balaban J connectivity index is 1.04. The zero-order chi connectivity index (χ0) is 55.1. The summed E-state index contributed by atoms with van der Waals surface area (Å²) in [6.45, 7) is 20.3. The van der Waals surface area contributed by atoms with Crippen LogP contribution in [0.1, 0.15) is 79.0 Å². The number of rotatable bonds is 9. The van der Waals surface area contributed by atoms with Crippen molar-refractivity contribution in [2.24, 2.45) is 0 Å². The van der Waals surface area contributed by atoms with Crippen LogP contribution in [0, 0.1) is 0 Å². The van der Waals surface area contributed by atoms with E-state index in [4.69, 9.17) is 4.98 Å². The van der Waals surface area contributed by atoms with Crippen LogP contribution < -0.4 is 36.1 Å². The zero-order valence-electron chi connectivity index (χ0n) is 47.4. The molecular weight excluding hydrogens is 972 g/mol. The lowest BCUT2D eigenvalue weighted by Gasteiger charge is -2.42. The van der Waals surface area contributed by atoms with Crippen molar-refractivity contribution in [3.63, 3.8) is 0 Å². The SMILES string of the molecule is CC(C)(C)c1ccc(N(c2ccc(C(C)(C)C)cc2)c2ccc3c(c2)N(c2ccccc2)c2cccc4c2B3c2nc3cc(N(c5ccc(C(C)(C)C)cc5)c5ccccc5-c5ccccc5)ccn3c2N4c2ccccc2)cc1. The molecule has 2 aliphatic rings. The van der Waals surface area contributed by atoms with Gasteiger partial charge in [-0.05, 0) is 146 Å². The van der Waals surface area contributed by atoms with Crippen molar-refractivity contribution in [1.29, 1.82) is 0 Å². The highest BCUT2D eigenvalue weighted by Gasteiger charge is 2.46. The second kappa shape index (κ2) is 19.4. The largest absolute Gasteiger partial charge is 0.311 e. The van der Waals surface area contributed by atoms with Crippen molar-refractivity contribution in [1.82, 2.24) is 9.38 Å². The number of benzene rings is 9. The Morgan fingerprint density at radius 2 is 0.850 bits per heavy atom. The molecule has 0 spiro atoms. The summed E-state index contributed by atoms with van der Waals surface area (Å²) in [5, 5.41) is 0. The lowest BCUT2D eigenvalue weighted by molar-refractivity contribution is 0.590. The number of aromatic nitrogens is 2. The summed E-state index contributed by atoms with van der Waals surface area (Å²) >= 11 is 0. The summed E-state index contributed by atoms with van der Waals surface area (Å²) in [6, 6.07) is 87.1. The Bertz CT molecular complexity index is 4000. The van der Waals surface area contributed by atoms with E-state index in [0.717, 1.165) is 90.7 Å². The average Bonchev–Trinajstić information content (AvgIpc) is 4.04. The van der Waals surface area contributed by atoms with Gasteiger partial charge in [0.25, 0.3) is 6.71 Å². The predicted molar refractivity (Wildman–Crippen MR) is 340 cm³/mol. The van der Waals surface area contributed by atoms with Crippen LogP contribution in [0.15, 0.2) is 243 Å². The molecule has 0 fully saturated rings. The normalized spacial score (nSPS) is 13.0. The molecule has 0 N–H and O–H groups in total. The standard InChI is InChI=1S/C73H67BN6/c1-71(2,3)51-32-38-56(39-33-51)77(57-40-34-52(35-41-57)72(4,5)6)59-44-45-62-66(48-59)79(54-24-15-11-16-25-54)64-30-21-31-65-68(64)74(62)69-70(80(65)55-26-17-12-18-27-55)76-47-46-60(49-67(76)75-69)78(58-42-36-53(37-43-58)73(7,8)9)63-29-20-19-28-61(63)50-22-13-10-14-23-50/h10-49H,1-9H3. The van der Waals surface area contributed by atoms with Gasteiger partial charge in [0.05, 0.1) is 17.0 Å². The molecule has 2 aromatic heterocycles. The van der Waals surface area contributed by atoms with Crippen molar-refractivity contribution < 1.29 is 0 Å². The lowest BCUT2D eigenvalue weighted by Crippen LogP contribution is -2.61. The highest BCUT2D eigenvalue weighted by Crippen LogP contribution is 2.48. The highest BCUT2D eigenvalue weighted by molar-refractivity contribution is 7.00. The van der Waals surface area contributed by atoms with Gasteiger partial charge in [-0.3, -0.25) is 9.30 Å². The van der Waals surface area contributed by atoms with E-state index >= 15 is 0 Å². The van der Waals surface area contributed by atoms with Crippen LogP contribution in [0.4, 0.5) is 68.4 Å². The molecular formula is C73H67BN6.